The minimum absolute atomic E-state index is 0.0199. The molecular weight excluding hydrogens is 176 g/mol. The molecule has 0 aliphatic carbocycles. The van der Waals surface area contributed by atoms with Crippen molar-refractivity contribution < 1.29 is 4.79 Å². The molecule has 0 saturated carbocycles. The minimum atomic E-state index is 0.0199. The lowest BCUT2D eigenvalue weighted by molar-refractivity contribution is -0.118. The van der Waals surface area contributed by atoms with Crippen LogP contribution in [0, 0.1) is 0 Å². The van der Waals surface area contributed by atoms with Crippen molar-refractivity contribution in [3.63, 3.8) is 0 Å². The van der Waals surface area contributed by atoms with E-state index in [-0.39, 0.29) is 5.91 Å². The van der Waals surface area contributed by atoms with E-state index >= 15 is 0 Å². The van der Waals surface area contributed by atoms with E-state index in [1.54, 1.807) is 0 Å². The number of carbonyl (C=O) groups is 1. The summed E-state index contributed by atoms with van der Waals surface area (Å²) in [5.41, 5.74) is 1.26. The van der Waals surface area contributed by atoms with E-state index in [1.165, 1.54) is 12.5 Å². The number of rotatable bonds is 5. The van der Waals surface area contributed by atoms with Crippen LogP contribution in [0.25, 0.3) is 0 Å². The molecule has 0 aliphatic rings. The summed E-state index contributed by atoms with van der Waals surface area (Å²) in [6.07, 6.45) is 0. The molecule has 0 atom stereocenters. The second kappa shape index (κ2) is 6.16. The second-order valence-corrected chi connectivity index (χ2v) is 3.15. The highest BCUT2D eigenvalue weighted by molar-refractivity contribution is 5.72. The van der Waals surface area contributed by atoms with Gasteiger partial charge in [-0.05, 0) is 5.56 Å². The first-order chi connectivity index (χ1) is 6.79. The number of amides is 1. The van der Waals surface area contributed by atoms with Crippen LogP contribution in [-0.4, -0.2) is 19.0 Å². The molecule has 1 amide bonds. The van der Waals surface area contributed by atoms with Crippen LogP contribution in [0.3, 0.4) is 0 Å². The third-order valence-corrected chi connectivity index (χ3v) is 1.85. The summed E-state index contributed by atoms with van der Waals surface area (Å²) in [4.78, 5) is 10.5. The van der Waals surface area contributed by atoms with Gasteiger partial charge in [-0.15, -0.1) is 0 Å². The van der Waals surface area contributed by atoms with Gasteiger partial charge in [0.2, 0.25) is 5.91 Å². The Morgan fingerprint density at radius 1 is 1.21 bits per heavy atom. The molecule has 14 heavy (non-hydrogen) atoms. The topological polar surface area (TPSA) is 41.1 Å². The summed E-state index contributed by atoms with van der Waals surface area (Å²) in [7, 11) is 0. The predicted octanol–water partition coefficient (Wildman–Crippen LogP) is 0.912. The maximum atomic E-state index is 10.5. The molecular formula is C11H16N2O. The van der Waals surface area contributed by atoms with Gasteiger partial charge < -0.3 is 10.6 Å². The predicted molar refractivity (Wildman–Crippen MR) is 56.8 cm³/mol. The summed E-state index contributed by atoms with van der Waals surface area (Å²) >= 11 is 0. The van der Waals surface area contributed by atoms with Gasteiger partial charge in [-0.2, -0.15) is 0 Å². The summed E-state index contributed by atoms with van der Waals surface area (Å²) in [6, 6.07) is 10.2. The Kier molecular flexibility index (Phi) is 4.72. The molecule has 3 nitrogen and oxygen atoms in total. The molecule has 0 radical (unpaired) electrons. The van der Waals surface area contributed by atoms with E-state index in [0.717, 1.165) is 13.1 Å². The lowest BCUT2D eigenvalue weighted by atomic mass is 10.2. The van der Waals surface area contributed by atoms with Gasteiger partial charge in [0.05, 0.1) is 0 Å². The lowest BCUT2D eigenvalue weighted by Gasteiger charge is -2.04. The fourth-order valence-electron chi connectivity index (χ4n) is 1.16. The Labute approximate surface area is 84.5 Å². The summed E-state index contributed by atoms with van der Waals surface area (Å²) in [5, 5.41) is 5.97. The highest BCUT2D eigenvalue weighted by Gasteiger charge is 1.91. The minimum Gasteiger partial charge on any atom is -0.355 e. The van der Waals surface area contributed by atoms with E-state index in [0.29, 0.717) is 6.54 Å². The maximum absolute atomic E-state index is 10.5. The molecule has 0 aromatic heterocycles. The normalized spacial score (nSPS) is 9.79. The van der Waals surface area contributed by atoms with Crippen LogP contribution in [0.4, 0.5) is 0 Å². The Morgan fingerprint density at radius 3 is 2.57 bits per heavy atom. The van der Waals surface area contributed by atoms with Crippen LogP contribution >= 0.6 is 0 Å². The smallest absolute Gasteiger partial charge is 0.216 e. The van der Waals surface area contributed by atoms with Crippen molar-refractivity contribution in [3.8, 4) is 0 Å². The zero-order valence-electron chi connectivity index (χ0n) is 8.42. The Bertz CT molecular complexity index is 272. The fourth-order valence-corrected chi connectivity index (χ4v) is 1.16. The highest BCUT2D eigenvalue weighted by atomic mass is 16.1. The third kappa shape index (κ3) is 4.62. The molecule has 1 rings (SSSR count). The Hall–Kier alpha value is -1.35. The number of nitrogens with one attached hydrogen (secondary N) is 2. The second-order valence-electron chi connectivity index (χ2n) is 3.15. The largest absolute Gasteiger partial charge is 0.355 e. The maximum Gasteiger partial charge on any atom is 0.216 e. The van der Waals surface area contributed by atoms with E-state index in [9.17, 15) is 4.79 Å². The molecule has 0 heterocycles. The van der Waals surface area contributed by atoms with Gasteiger partial charge in [-0.1, -0.05) is 30.3 Å². The molecule has 0 bridgehead atoms. The van der Waals surface area contributed by atoms with Crippen LogP contribution in [0.5, 0.6) is 0 Å². The highest BCUT2D eigenvalue weighted by Crippen LogP contribution is 1.96. The standard InChI is InChI=1S/C11H16N2O/c1-10(14)13-8-7-12-9-11-5-3-2-4-6-11/h2-6,12H,7-9H2,1H3,(H,13,14). The SMILES string of the molecule is CC(=O)NCCNCc1ccccc1. The summed E-state index contributed by atoms with van der Waals surface area (Å²) in [5.74, 6) is 0.0199. The van der Waals surface area contributed by atoms with E-state index < -0.39 is 0 Å². The molecule has 0 unspecified atom stereocenters. The van der Waals surface area contributed by atoms with Crippen molar-refractivity contribution in [3.05, 3.63) is 35.9 Å². The van der Waals surface area contributed by atoms with Crippen molar-refractivity contribution >= 4 is 5.91 Å². The van der Waals surface area contributed by atoms with Gasteiger partial charge in [-0.25, -0.2) is 0 Å². The number of hydrogen-bond donors (Lipinski definition) is 2. The first kappa shape index (κ1) is 10.7. The molecule has 1 aromatic rings. The van der Waals surface area contributed by atoms with Crippen LogP contribution < -0.4 is 10.6 Å². The van der Waals surface area contributed by atoms with Gasteiger partial charge in [0.1, 0.15) is 0 Å². The molecule has 76 valence electrons. The van der Waals surface area contributed by atoms with E-state index in [2.05, 4.69) is 22.8 Å². The molecule has 0 spiro atoms. The van der Waals surface area contributed by atoms with Crippen molar-refractivity contribution in [2.75, 3.05) is 13.1 Å². The van der Waals surface area contributed by atoms with Gasteiger partial charge in [0.15, 0.2) is 0 Å². The van der Waals surface area contributed by atoms with Gasteiger partial charge in [-0.3, -0.25) is 4.79 Å². The molecule has 0 saturated heterocycles. The Balaban J connectivity index is 2.08. The molecule has 1 aromatic carbocycles. The molecule has 3 heteroatoms. The number of hydrogen-bond acceptors (Lipinski definition) is 2. The van der Waals surface area contributed by atoms with Crippen LogP contribution in [0.15, 0.2) is 30.3 Å². The van der Waals surface area contributed by atoms with Gasteiger partial charge in [0, 0.05) is 26.6 Å². The lowest BCUT2D eigenvalue weighted by Crippen LogP contribution is -2.29. The molecule has 0 aliphatic heterocycles. The first-order valence-electron chi connectivity index (χ1n) is 4.78. The molecule has 0 fully saturated rings. The first-order valence-corrected chi connectivity index (χ1v) is 4.78. The van der Waals surface area contributed by atoms with E-state index in [1.807, 2.05) is 18.2 Å². The zero-order chi connectivity index (χ0) is 10.2. The summed E-state index contributed by atoms with van der Waals surface area (Å²) < 4.78 is 0. The van der Waals surface area contributed by atoms with Crippen molar-refractivity contribution in [2.45, 2.75) is 13.5 Å². The van der Waals surface area contributed by atoms with Crippen molar-refractivity contribution in [2.24, 2.45) is 0 Å². The van der Waals surface area contributed by atoms with E-state index in [4.69, 9.17) is 0 Å². The van der Waals surface area contributed by atoms with Crippen LogP contribution in [-0.2, 0) is 11.3 Å². The van der Waals surface area contributed by atoms with Crippen molar-refractivity contribution in [1.82, 2.24) is 10.6 Å². The zero-order valence-corrected chi connectivity index (χ0v) is 8.42. The quantitative estimate of drug-likeness (QED) is 0.681. The van der Waals surface area contributed by atoms with Gasteiger partial charge in [0.25, 0.3) is 0 Å². The summed E-state index contributed by atoms with van der Waals surface area (Å²) in [6.45, 7) is 3.86. The number of benzene rings is 1. The third-order valence-electron chi connectivity index (χ3n) is 1.85. The Morgan fingerprint density at radius 2 is 1.93 bits per heavy atom. The van der Waals surface area contributed by atoms with Gasteiger partial charge >= 0.3 is 0 Å². The fraction of sp³-hybridized carbons (Fsp3) is 0.364. The average Bonchev–Trinajstić information content (AvgIpc) is 2.18. The van der Waals surface area contributed by atoms with Crippen LogP contribution in [0.2, 0.25) is 0 Å². The average molecular weight is 192 g/mol. The monoisotopic (exact) mass is 192 g/mol. The van der Waals surface area contributed by atoms with Crippen LogP contribution in [0.1, 0.15) is 12.5 Å². The van der Waals surface area contributed by atoms with Crippen molar-refractivity contribution in [1.29, 1.82) is 0 Å². The molecule has 2 N–H and O–H groups in total. The number of carbonyl (C=O) groups excluding carboxylic acids is 1.